The maximum atomic E-state index is 6.49. The van der Waals surface area contributed by atoms with Crippen LogP contribution in [0, 0.1) is 0 Å². The van der Waals surface area contributed by atoms with E-state index in [-0.39, 0.29) is 11.4 Å². The minimum atomic E-state index is -0.444. The largest absolute Gasteiger partial charge is 0.369 e. The molecule has 0 atom stereocenters. The van der Waals surface area contributed by atoms with E-state index >= 15 is 0 Å². The number of hydrogen-bond acceptors (Lipinski definition) is 5. The monoisotopic (exact) mass is 389 g/mol. The molecule has 0 unspecified atom stereocenters. The van der Waals surface area contributed by atoms with E-state index in [1.807, 2.05) is 6.07 Å². The van der Waals surface area contributed by atoms with Crippen molar-refractivity contribution >= 4 is 17.6 Å². The van der Waals surface area contributed by atoms with Crippen LogP contribution in [0.15, 0.2) is 58.5 Å². The third kappa shape index (κ3) is 3.61. The van der Waals surface area contributed by atoms with Gasteiger partial charge in [0.05, 0.1) is 5.69 Å². The lowest BCUT2D eigenvalue weighted by Crippen LogP contribution is -2.58. The van der Waals surface area contributed by atoms with Gasteiger partial charge in [-0.15, -0.1) is 0 Å². The summed E-state index contributed by atoms with van der Waals surface area (Å²) in [7, 11) is 0. The maximum Gasteiger partial charge on any atom is 0.220 e. The minimum Gasteiger partial charge on any atom is -0.369 e. The lowest BCUT2D eigenvalue weighted by molar-refractivity contribution is 0.305. The molecule has 2 aromatic rings. The first kappa shape index (κ1) is 19.5. The van der Waals surface area contributed by atoms with Crippen LogP contribution in [-0.2, 0) is 5.41 Å². The zero-order valence-electron chi connectivity index (χ0n) is 17.7. The van der Waals surface area contributed by atoms with Crippen LogP contribution in [0.3, 0.4) is 0 Å². The molecule has 1 saturated carbocycles. The first-order chi connectivity index (χ1) is 13.8. The SMILES string of the molecule is CC(C)(C)c1ccc(N2C(N)=NC(N)=NC23CCCCC3)c(-c2ccccc2)c1. The van der Waals surface area contributed by atoms with E-state index in [9.17, 15) is 0 Å². The first-order valence-electron chi connectivity index (χ1n) is 10.5. The molecule has 0 amide bonds. The summed E-state index contributed by atoms with van der Waals surface area (Å²) in [5, 5.41) is 0. The Morgan fingerprint density at radius 3 is 2.28 bits per heavy atom. The molecule has 5 nitrogen and oxygen atoms in total. The van der Waals surface area contributed by atoms with Crippen LogP contribution in [0.5, 0.6) is 0 Å². The normalized spacial score (nSPS) is 19.1. The average Bonchev–Trinajstić information content (AvgIpc) is 2.68. The van der Waals surface area contributed by atoms with Gasteiger partial charge >= 0.3 is 0 Å². The molecule has 2 aromatic carbocycles. The maximum absolute atomic E-state index is 6.49. The van der Waals surface area contributed by atoms with Crippen molar-refractivity contribution in [3.63, 3.8) is 0 Å². The van der Waals surface area contributed by atoms with Crippen molar-refractivity contribution in [3.8, 4) is 11.1 Å². The van der Waals surface area contributed by atoms with Crippen molar-refractivity contribution in [2.45, 2.75) is 64.0 Å². The Morgan fingerprint density at radius 1 is 0.931 bits per heavy atom. The highest BCUT2D eigenvalue weighted by Gasteiger charge is 2.43. The standard InChI is InChI=1S/C24H31N5/c1-23(2,3)18-12-13-20(19(16-18)17-10-6-4-7-11-17)29-22(26)27-21(25)28-24(29)14-8-5-9-15-24/h4,6-7,10-13,16H,5,8-9,14-15H2,1-3H3,(H4,25,26,27,28). The van der Waals surface area contributed by atoms with Gasteiger partial charge in [0.25, 0.3) is 0 Å². The van der Waals surface area contributed by atoms with E-state index in [0.29, 0.717) is 5.96 Å². The van der Waals surface area contributed by atoms with Crippen molar-refractivity contribution in [2.24, 2.45) is 21.5 Å². The fourth-order valence-electron chi connectivity index (χ4n) is 4.52. The van der Waals surface area contributed by atoms with Gasteiger partial charge in [0.1, 0.15) is 5.66 Å². The summed E-state index contributed by atoms with van der Waals surface area (Å²) in [4.78, 5) is 11.3. The summed E-state index contributed by atoms with van der Waals surface area (Å²) < 4.78 is 0. The van der Waals surface area contributed by atoms with Crippen LogP contribution in [0.2, 0.25) is 0 Å². The summed E-state index contributed by atoms with van der Waals surface area (Å²) in [6.07, 6.45) is 5.30. The van der Waals surface area contributed by atoms with Crippen molar-refractivity contribution in [1.82, 2.24) is 0 Å². The summed E-state index contributed by atoms with van der Waals surface area (Å²) in [6, 6.07) is 17.1. The fraction of sp³-hybridized carbons (Fsp3) is 0.417. The summed E-state index contributed by atoms with van der Waals surface area (Å²) in [6.45, 7) is 6.71. The quantitative estimate of drug-likeness (QED) is 0.777. The molecule has 1 heterocycles. The van der Waals surface area contributed by atoms with Gasteiger partial charge < -0.3 is 11.5 Å². The Kier molecular flexibility index (Phi) is 4.85. The minimum absolute atomic E-state index is 0.0503. The van der Waals surface area contributed by atoms with Crippen LogP contribution in [0.1, 0.15) is 58.4 Å². The van der Waals surface area contributed by atoms with Gasteiger partial charge in [-0.25, -0.2) is 4.99 Å². The molecule has 0 saturated heterocycles. The van der Waals surface area contributed by atoms with Crippen molar-refractivity contribution in [3.05, 3.63) is 54.1 Å². The first-order valence-corrected chi connectivity index (χ1v) is 10.5. The second-order valence-corrected chi connectivity index (χ2v) is 9.17. The van der Waals surface area contributed by atoms with E-state index < -0.39 is 5.66 Å². The van der Waals surface area contributed by atoms with Gasteiger partial charge in [-0.3, -0.25) is 4.90 Å². The van der Waals surface area contributed by atoms with Gasteiger partial charge in [0.2, 0.25) is 11.9 Å². The molecule has 4 rings (SSSR count). The molecule has 0 radical (unpaired) electrons. The highest BCUT2D eigenvalue weighted by Crippen LogP contribution is 2.44. The summed E-state index contributed by atoms with van der Waals surface area (Å²) in [5.74, 6) is 0.716. The predicted molar refractivity (Wildman–Crippen MR) is 122 cm³/mol. The molecule has 1 aliphatic carbocycles. The van der Waals surface area contributed by atoms with Gasteiger partial charge in [-0.2, -0.15) is 4.99 Å². The summed E-state index contributed by atoms with van der Waals surface area (Å²) in [5.41, 5.74) is 16.8. The number of rotatable bonds is 2. The molecule has 4 N–H and O–H groups in total. The van der Waals surface area contributed by atoms with Gasteiger partial charge in [0, 0.05) is 5.56 Å². The third-order valence-electron chi connectivity index (χ3n) is 6.04. The second-order valence-electron chi connectivity index (χ2n) is 9.17. The van der Waals surface area contributed by atoms with E-state index in [1.54, 1.807) is 0 Å². The van der Waals surface area contributed by atoms with Crippen LogP contribution >= 0.6 is 0 Å². The number of anilines is 1. The summed E-state index contributed by atoms with van der Waals surface area (Å²) >= 11 is 0. The van der Waals surface area contributed by atoms with E-state index in [4.69, 9.17) is 16.5 Å². The smallest absolute Gasteiger partial charge is 0.220 e. The number of nitrogens with zero attached hydrogens (tertiary/aromatic N) is 3. The van der Waals surface area contributed by atoms with Crippen LogP contribution in [0.4, 0.5) is 5.69 Å². The van der Waals surface area contributed by atoms with Crippen LogP contribution in [-0.4, -0.2) is 17.6 Å². The van der Waals surface area contributed by atoms with E-state index in [1.165, 1.54) is 12.0 Å². The van der Waals surface area contributed by atoms with Crippen molar-refractivity contribution in [2.75, 3.05) is 4.90 Å². The molecule has 0 aromatic heterocycles. The Labute approximate surface area is 173 Å². The van der Waals surface area contributed by atoms with E-state index in [2.05, 4.69) is 73.1 Å². The highest BCUT2D eigenvalue weighted by atomic mass is 15.4. The molecular weight excluding hydrogens is 358 g/mol. The number of aliphatic imine (C=N–C) groups is 2. The number of hydrogen-bond donors (Lipinski definition) is 2. The zero-order valence-corrected chi connectivity index (χ0v) is 17.7. The van der Waals surface area contributed by atoms with Crippen LogP contribution in [0.25, 0.3) is 11.1 Å². The Bertz CT molecular complexity index is 947. The lowest BCUT2D eigenvalue weighted by atomic mass is 9.83. The van der Waals surface area contributed by atoms with Gasteiger partial charge in [-0.1, -0.05) is 63.6 Å². The Balaban J connectivity index is 1.92. The predicted octanol–water partition coefficient (Wildman–Crippen LogP) is 4.76. The molecule has 1 spiro atoms. The number of benzene rings is 2. The molecule has 29 heavy (non-hydrogen) atoms. The van der Waals surface area contributed by atoms with Crippen LogP contribution < -0.4 is 16.4 Å². The molecule has 2 aliphatic rings. The molecule has 5 heteroatoms. The second kappa shape index (κ2) is 7.21. The Hall–Kier alpha value is -2.82. The lowest BCUT2D eigenvalue weighted by Gasteiger charge is -2.46. The topological polar surface area (TPSA) is 80.0 Å². The molecular formula is C24H31N5. The fourth-order valence-corrected chi connectivity index (χ4v) is 4.52. The Morgan fingerprint density at radius 2 is 1.62 bits per heavy atom. The molecule has 1 aliphatic heterocycles. The average molecular weight is 390 g/mol. The number of nitrogens with two attached hydrogens (primary N) is 2. The van der Waals surface area contributed by atoms with E-state index in [0.717, 1.165) is 42.5 Å². The molecule has 1 fully saturated rings. The zero-order chi connectivity index (χ0) is 20.6. The molecule has 0 bridgehead atoms. The van der Waals surface area contributed by atoms with Gasteiger partial charge in [-0.05, 0) is 54.4 Å². The third-order valence-corrected chi connectivity index (χ3v) is 6.04. The molecule has 152 valence electrons. The number of guanidine groups is 2. The highest BCUT2D eigenvalue weighted by molar-refractivity contribution is 6.07. The van der Waals surface area contributed by atoms with Gasteiger partial charge in [0.15, 0.2) is 0 Å². The van der Waals surface area contributed by atoms with Crippen molar-refractivity contribution in [1.29, 1.82) is 0 Å². The van der Waals surface area contributed by atoms with Crippen molar-refractivity contribution < 1.29 is 0 Å².